The van der Waals surface area contributed by atoms with Crippen molar-refractivity contribution in [2.75, 3.05) is 89.6 Å². The highest BCUT2D eigenvalue weighted by atomic mass is 15.4. The van der Waals surface area contributed by atoms with Crippen LogP contribution in [0, 0.1) is 5.41 Å². The number of rotatable bonds is 0. The number of aliphatic imine (C=N–C) groups is 2. The molecule has 0 aromatic heterocycles. The summed E-state index contributed by atoms with van der Waals surface area (Å²) >= 11 is 0. The highest BCUT2D eigenvalue weighted by Gasteiger charge is 2.22. The van der Waals surface area contributed by atoms with Gasteiger partial charge in [-0.1, -0.05) is 0 Å². The molecular formula is C22H49N9. The highest BCUT2D eigenvalue weighted by molar-refractivity contribution is 5.81. The van der Waals surface area contributed by atoms with Crippen LogP contribution in [0.1, 0.15) is 33.6 Å². The molecule has 0 aliphatic carbocycles. The molecule has 0 atom stereocenters. The molecule has 0 bridgehead atoms. The molecule has 1 saturated heterocycles. The lowest BCUT2D eigenvalue weighted by molar-refractivity contribution is 0.269. The number of nitrogens with one attached hydrogen (secondary N) is 1. The van der Waals surface area contributed by atoms with E-state index in [0.717, 1.165) is 12.5 Å². The minimum atomic E-state index is -0.0100. The molecule has 0 amide bonds. The first kappa shape index (κ1) is 28.8. The number of hydrogen-bond donors (Lipinski definition) is 1. The summed E-state index contributed by atoms with van der Waals surface area (Å²) in [6, 6.07) is 0. The van der Waals surface area contributed by atoms with Crippen LogP contribution in [0.5, 0.6) is 0 Å². The van der Waals surface area contributed by atoms with Crippen LogP contribution in [-0.2, 0) is 0 Å². The van der Waals surface area contributed by atoms with Gasteiger partial charge in [0.2, 0.25) is 0 Å². The Bertz CT molecular complexity index is 566. The Morgan fingerprint density at radius 2 is 1.32 bits per heavy atom. The van der Waals surface area contributed by atoms with E-state index in [-0.39, 0.29) is 5.54 Å². The number of hydrogen-bond acceptors (Lipinski definition) is 5. The van der Waals surface area contributed by atoms with Crippen molar-refractivity contribution in [3.8, 4) is 0 Å². The summed E-state index contributed by atoms with van der Waals surface area (Å²) in [5.41, 5.74) is -0.0100. The summed E-state index contributed by atoms with van der Waals surface area (Å²) in [7, 11) is 17.6. The summed E-state index contributed by atoms with van der Waals surface area (Å²) in [6.07, 6.45) is 2.52. The maximum absolute atomic E-state index is 7.25. The Morgan fingerprint density at radius 3 is 1.65 bits per heavy atom. The van der Waals surface area contributed by atoms with Crippen LogP contribution in [0.25, 0.3) is 0 Å². The molecule has 9 nitrogen and oxygen atoms in total. The van der Waals surface area contributed by atoms with Crippen molar-refractivity contribution in [3.63, 3.8) is 0 Å². The van der Waals surface area contributed by atoms with Crippen LogP contribution in [0.2, 0.25) is 0 Å². The predicted octanol–water partition coefficient (Wildman–Crippen LogP) is 1.69. The van der Waals surface area contributed by atoms with Crippen LogP contribution in [0.15, 0.2) is 9.98 Å². The van der Waals surface area contributed by atoms with Gasteiger partial charge in [0.15, 0.2) is 17.9 Å². The summed E-state index contributed by atoms with van der Waals surface area (Å²) < 4.78 is 0. The summed E-state index contributed by atoms with van der Waals surface area (Å²) in [4.78, 5) is 21.3. The summed E-state index contributed by atoms with van der Waals surface area (Å²) in [5.74, 6) is 2.75. The van der Waals surface area contributed by atoms with Crippen molar-refractivity contribution >= 4 is 17.9 Å². The molecule has 0 radical (unpaired) electrons. The predicted molar refractivity (Wildman–Crippen MR) is 135 cm³/mol. The van der Waals surface area contributed by atoms with E-state index in [4.69, 9.17) is 5.41 Å². The minimum Gasteiger partial charge on any atom is -0.349 e. The van der Waals surface area contributed by atoms with Crippen molar-refractivity contribution in [2.24, 2.45) is 9.98 Å². The zero-order chi connectivity index (χ0) is 24.4. The van der Waals surface area contributed by atoms with Crippen LogP contribution < -0.4 is 0 Å². The quantitative estimate of drug-likeness (QED) is 0.458. The van der Waals surface area contributed by atoms with Crippen molar-refractivity contribution in [1.82, 2.24) is 29.4 Å². The zero-order valence-electron chi connectivity index (χ0n) is 22.3. The van der Waals surface area contributed by atoms with Gasteiger partial charge in [-0.05, 0) is 33.6 Å². The highest BCUT2D eigenvalue weighted by Crippen LogP contribution is 2.11. The first-order valence-electron chi connectivity index (χ1n) is 11.1. The fourth-order valence-electron chi connectivity index (χ4n) is 3.11. The first-order chi connectivity index (χ1) is 14.2. The van der Waals surface area contributed by atoms with E-state index >= 15 is 0 Å². The van der Waals surface area contributed by atoms with Crippen LogP contribution in [0.3, 0.4) is 0 Å². The molecule has 9 heteroatoms. The van der Waals surface area contributed by atoms with Gasteiger partial charge in [-0.15, -0.1) is 0 Å². The molecule has 2 aliphatic heterocycles. The van der Waals surface area contributed by atoms with Gasteiger partial charge < -0.3 is 29.4 Å². The Hall–Kier alpha value is -2.19. The lowest BCUT2D eigenvalue weighted by Crippen LogP contribution is -2.50. The van der Waals surface area contributed by atoms with E-state index < -0.39 is 0 Å². The van der Waals surface area contributed by atoms with Gasteiger partial charge in [0.25, 0.3) is 0 Å². The molecule has 0 aromatic carbocycles. The van der Waals surface area contributed by atoms with Crippen molar-refractivity contribution in [1.29, 1.82) is 5.41 Å². The van der Waals surface area contributed by atoms with Gasteiger partial charge in [-0.3, -0.25) is 10.4 Å². The molecule has 2 heterocycles. The second kappa shape index (κ2) is 13.3. The normalized spacial score (nSPS) is 15.2. The maximum atomic E-state index is 7.25. The zero-order valence-corrected chi connectivity index (χ0v) is 22.3. The third-order valence-corrected chi connectivity index (χ3v) is 4.47. The van der Waals surface area contributed by atoms with E-state index in [2.05, 4.69) is 47.6 Å². The molecule has 0 unspecified atom stereocenters. The smallest absolute Gasteiger partial charge is 0.196 e. The largest absolute Gasteiger partial charge is 0.349 e. The van der Waals surface area contributed by atoms with Gasteiger partial charge in [0.1, 0.15) is 0 Å². The third-order valence-electron chi connectivity index (χ3n) is 4.47. The van der Waals surface area contributed by atoms with Crippen molar-refractivity contribution < 1.29 is 0 Å². The van der Waals surface area contributed by atoms with Crippen molar-refractivity contribution in [2.45, 2.75) is 39.2 Å². The lowest BCUT2D eigenvalue weighted by Gasteiger charge is -2.39. The topological polar surface area (TPSA) is 68.0 Å². The van der Waals surface area contributed by atoms with Crippen molar-refractivity contribution in [3.05, 3.63) is 0 Å². The van der Waals surface area contributed by atoms with Gasteiger partial charge in [0, 0.05) is 89.6 Å². The molecule has 0 saturated carbocycles. The molecule has 1 fully saturated rings. The molecular weight excluding hydrogens is 390 g/mol. The molecule has 182 valence electrons. The Labute approximate surface area is 191 Å². The van der Waals surface area contributed by atoms with E-state index in [1.807, 2.05) is 66.2 Å². The van der Waals surface area contributed by atoms with Crippen LogP contribution >= 0.6 is 0 Å². The second-order valence-corrected chi connectivity index (χ2v) is 9.78. The average Bonchev–Trinajstić information content (AvgIpc) is 2.66. The molecule has 2 aliphatic rings. The molecule has 0 aromatic rings. The molecule has 31 heavy (non-hydrogen) atoms. The van der Waals surface area contributed by atoms with Gasteiger partial charge >= 0.3 is 0 Å². The van der Waals surface area contributed by atoms with Crippen LogP contribution in [0.4, 0.5) is 0 Å². The van der Waals surface area contributed by atoms with E-state index in [1.54, 1.807) is 9.80 Å². The Kier molecular flexibility index (Phi) is 12.3. The van der Waals surface area contributed by atoms with Gasteiger partial charge in [0.05, 0.1) is 5.54 Å². The minimum absolute atomic E-state index is 0.0100. The Balaban J connectivity index is 0.000000445. The number of guanidine groups is 3. The summed E-state index contributed by atoms with van der Waals surface area (Å²) in [6.45, 7) is 10.9. The van der Waals surface area contributed by atoms with Gasteiger partial charge in [-0.2, -0.15) is 0 Å². The van der Waals surface area contributed by atoms with E-state index in [0.29, 0.717) is 5.96 Å². The van der Waals surface area contributed by atoms with Crippen LogP contribution in [-0.4, -0.2) is 142 Å². The van der Waals surface area contributed by atoms with E-state index in [1.165, 1.54) is 38.4 Å². The second-order valence-electron chi connectivity index (χ2n) is 9.78. The van der Waals surface area contributed by atoms with Gasteiger partial charge in [-0.25, -0.2) is 4.99 Å². The standard InChI is InChI=1S/C9H21N3.C8H15N3.C5H13N3/c1-9(2,3)10-8(11(4)5)12(6)7;1-10-5-3-7-11-6-2-4-9-8(10)11;1-7(2)5(6)8(3)4/h1-7H3;2-7H2,1H3;6H,1-4H3. The maximum Gasteiger partial charge on any atom is 0.196 e. The van der Waals surface area contributed by atoms with E-state index in [9.17, 15) is 0 Å². The first-order valence-corrected chi connectivity index (χ1v) is 11.1. The fourth-order valence-corrected chi connectivity index (χ4v) is 3.11. The third kappa shape index (κ3) is 11.7. The molecule has 2 rings (SSSR count). The number of fused-ring (bicyclic) bond motifs is 1. The SMILES string of the molecule is CN(C)C(=N)N(C)C.CN(C)C(=NC(C)(C)C)N(C)C.CN1CCCN2CCCN=C12. The molecule has 0 spiro atoms. The molecule has 1 N–H and O–H groups in total. The fraction of sp³-hybridized carbons (Fsp3) is 0.864. The number of nitrogens with zero attached hydrogens (tertiary/aromatic N) is 8. The Morgan fingerprint density at radius 1 is 0.839 bits per heavy atom. The lowest BCUT2D eigenvalue weighted by atomic mass is 10.1. The summed E-state index contributed by atoms with van der Waals surface area (Å²) in [5, 5.41) is 7.25. The monoisotopic (exact) mass is 439 g/mol. The average molecular weight is 440 g/mol.